The molecule has 1 heterocycles. The quantitative estimate of drug-likeness (QED) is 0.660. The second kappa shape index (κ2) is 5.39. The first-order valence-corrected chi connectivity index (χ1v) is 7.55. The molecule has 1 aliphatic heterocycles. The monoisotopic (exact) mass is 340 g/mol. The lowest BCUT2D eigenvalue weighted by Crippen LogP contribution is -2.24. The Kier molecular flexibility index (Phi) is 4.04. The molecule has 0 aliphatic carbocycles. The summed E-state index contributed by atoms with van der Waals surface area (Å²) in [6.45, 7) is 0.375. The molecule has 0 bridgehead atoms. The third-order valence-corrected chi connectivity index (χ3v) is 4.75. The number of hydrogen-bond acceptors (Lipinski definition) is 6. The fraction of sp³-hybridized carbons (Fsp3) is 0.455. The first-order chi connectivity index (χ1) is 10.0. The Morgan fingerprint density at radius 2 is 2.00 bits per heavy atom. The number of benzene rings is 1. The number of aliphatic hydroxyl groups is 1. The van der Waals surface area contributed by atoms with Crippen LogP contribution in [0.5, 0.6) is 0 Å². The SMILES string of the molecule is O=[N+]([O-])c1cc(S(=O)(=O)C(F)(F)F)ccc1N1CC[C@H](O)C1. The number of β-amino-alcohol motifs (C(OH)–C–C–N with tert-alkyl or cyclic N) is 1. The van der Waals surface area contributed by atoms with Gasteiger partial charge in [0.25, 0.3) is 15.5 Å². The lowest BCUT2D eigenvalue weighted by molar-refractivity contribution is -0.384. The molecular formula is C11H11F3N2O5S. The highest BCUT2D eigenvalue weighted by molar-refractivity contribution is 7.92. The third-order valence-electron chi connectivity index (χ3n) is 3.26. The lowest BCUT2D eigenvalue weighted by atomic mass is 10.2. The summed E-state index contributed by atoms with van der Waals surface area (Å²) >= 11 is 0. The number of anilines is 1. The van der Waals surface area contributed by atoms with Gasteiger partial charge in [-0.3, -0.25) is 10.1 Å². The van der Waals surface area contributed by atoms with Gasteiger partial charge in [0.1, 0.15) is 5.69 Å². The molecule has 11 heteroatoms. The van der Waals surface area contributed by atoms with Crippen molar-refractivity contribution >= 4 is 21.2 Å². The van der Waals surface area contributed by atoms with Crippen molar-refractivity contribution in [3.63, 3.8) is 0 Å². The second-order valence-electron chi connectivity index (χ2n) is 4.75. The number of nitro benzene ring substituents is 1. The zero-order valence-electron chi connectivity index (χ0n) is 10.9. The number of halogens is 3. The molecule has 7 nitrogen and oxygen atoms in total. The van der Waals surface area contributed by atoms with Crippen LogP contribution in [-0.4, -0.2) is 43.1 Å². The molecule has 0 aromatic heterocycles. The van der Waals surface area contributed by atoms with Crippen molar-refractivity contribution in [2.24, 2.45) is 0 Å². The van der Waals surface area contributed by atoms with Crippen LogP contribution < -0.4 is 4.90 Å². The van der Waals surface area contributed by atoms with E-state index in [1.54, 1.807) is 0 Å². The molecular weight excluding hydrogens is 329 g/mol. The van der Waals surface area contributed by atoms with Crippen LogP contribution >= 0.6 is 0 Å². The molecule has 1 saturated heterocycles. The predicted octanol–water partition coefficient (Wildman–Crippen LogP) is 1.46. The van der Waals surface area contributed by atoms with E-state index in [1.165, 1.54) is 4.90 Å². The van der Waals surface area contributed by atoms with Crippen LogP contribution in [-0.2, 0) is 9.84 Å². The molecule has 1 aromatic rings. The minimum Gasteiger partial charge on any atom is -0.391 e. The molecule has 1 aliphatic rings. The van der Waals surface area contributed by atoms with Gasteiger partial charge in [0, 0.05) is 19.2 Å². The summed E-state index contributed by atoms with van der Waals surface area (Å²) in [6, 6.07) is 2.02. The first kappa shape index (κ1) is 16.5. The molecule has 1 aromatic carbocycles. The van der Waals surface area contributed by atoms with Gasteiger partial charge in [-0.25, -0.2) is 8.42 Å². The maximum Gasteiger partial charge on any atom is 0.501 e. The molecule has 22 heavy (non-hydrogen) atoms. The zero-order chi connectivity index (χ0) is 16.7. The number of hydrogen-bond donors (Lipinski definition) is 1. The molecule has 0 radical (unpaired) electrons. The Morgan fingerprint density at radius 3 is 2.45 bits per heavy atom. The summed E-state index contributed by atoms with van der Waals surface area (Å²) in [5.41, 5.74) is -6.31. The number of nitro groups is 1. The maximum atomic E-state index is 12.5. The van der Waals surface area contributed by atoms with Crippen LogP contribution in [0.3, 0.4) is 0 Å². The molecule has 1 fully saturated rings. The number of nitrogens with zero attached hydrogens (tertiary/aromatic N) is 2. The summed E-state index contributed by atoms with van der Waals surface area (Å²) < 4.78 is 60.1. The summed E-state index contributed by atoms with van der Waals surface area (Å²) in [7, 11) is -5.66. The molecule has 0 unspecified atom stereocenters. The van der Waals surface area contributed by atoms with Gasteiger partial charge in [-0.15, -0.1) is 0 Å². The van der Waals surface area contributed by atoms with Crippen molar-refractivity contribution < 1.29 is 31.6 Å². The van der Waals surface area contributed by atoms with Crippen LogP contribution in [0.4, 0.5) is 24.5 Å². The summed E-state index contributed by atoms with van der Waals surface area (Å²) in [4.78, 5) is 10.3. The van der Waals surface area contributed by atoms with E-state index < -0.39 is 37.0 Å². The van der Waals surface area contributed by atoms with Gasteiger partial charge >= 0.3 is 5.51 Å². The highest BCUT2D eigenvalue weighted by Gasteiger charge is 2.47. The fourth-order valence-electron chi connectivity index (χ4n) is 2.18. The highest BCUT2D eigenvalue weighted by Crippen LogP contribution is 2.37. The molecule has 1 N–H and O–H groups in total. The Balaban J connectivity index is 2.51. The van der Waals surface area contributed by atoms with Crippen molar-refractivity contribution in [2.75, 3.05) is 18.0 Å². The van der Waals surface area contributed by atoms with E-state index in [9.17, 15) is 36.8 Å². The standard InChI is InChI=1S/C11H11F3N2O5S/c12-11(13,14)22(20,21)8-1-2-9(10(5-8)16(18)19)15-4-3-7(17)6-15/h1-2,5,7,17H,3-4,6H2/t7-/m0/s1. The largest absolute Gasteiger partial charge is 0.501 e. The Labute approximate surface area is 123 Å². The molecule has 1 atom stereocenters. The normalized spacial score (nSPS) is 19.5. The van der Waals surface area contributed by atoms with Gasteiger partial charge in [-0.05, 0) is 18.6 Å². The van der Waals surface area contributed by atoms with Gasteiger partial charge in [-0.2, -0.15) is 13.2 Å². The van der Waals surface area contributed by atoms with Gasteiger partial charge in [-0.1, -0.05) is 0 Å². The van der Waals surface area contributed by atoms with Gasteiger partial charge in [0.2, 0.25) is 0 Å². The Bertz CT molecular complexity index is 704. The fourth-order valence-corrected chi connectivity index (χ4v) is 2.96. The molecule has 0 saturated carbocycles. The minimum absolute atomic E-state index is 0.0253. The van der Waals surface area contributed by atoms with Crippen LogP contribution in [0.15, 0.2) is 23.1 Å². The van der Waals surface area contributed by atoms with E-state index in [1.807, 2.05) is 0 Å². The van der Waals surface area contributed by atoms with Crippen LogP contribution in [0.2, 0.25) is 0 Å². The van der Waals surface area contributed by atoms with Gasteiger partial charge < -0.3 is 10.0 Å². The zero-order valence-corrected chi connectivity index (χ0v) is 11.8. The topological polar surface area (TPSA) is 101 Å². The molecule has 0 amide bonds. The first-order valence-electron chi connectivity index (χ1n) is 6.07. The van der Waals surface area contributed by atoms with E-state index >= 15 is 0 Å². The maximum absolute atomic E-state index is 12.5. The molecule has 0 spiro atoms. The molecule has 122 valence electrons. The summed E-state index contributed by atoms with van der Waals surface area (Å²) in [5.74, 6) is 0. The van der Waals surface area contributed by atoms with E-state index in [4.69, 9.17) is 0 Å². The van der Waals surface area contributed by atoms with Crippen molar-refractivity contribution in [3.8, 4) is 0 Å². The lowest BCUT2D eigenvalue weighted by Gasteiger charge is -2.18. The summed E-state index contributed by atoms with van der Waals surface area (Å²) in [5, 5.41) is 20.5. The number of alkyl halides is 3. The Morgan fingerprint density at radius 1 is 1.36 bits per heavy atom. The number of sulfone groups is 1. The van der Waals surface area contributed by atoms with Crippen molar-refractivity contribution in [3.05, 3.63) is 28.3 Å². The number of rotatable bonds is 3. The third kappa shape index (κ3) is 2.86. The summed E-state index contributed by atoms with van der Waals surface area (Å²) in [6.07, 6.45) is -0.335. The van der Waals surface area contributed by atoms with E-state index in [0.29, 0.717) is 18.6 Å². The van der Waals surface area contributed by atoms with Crippen molar-refractivity contribution in [1.29, 1.82) is 0 Å². The highest BCUT2D eigenvalue weighted by atomic mass is 32.2. The van der Waals surface area contributed by atoms with Crippen LogP contribution in [0.1, 0.15) is 6.42 Å². The van der Waals surface area contributed by atoms with Gasteiger partial charge in [0.15, 0.2) is 0 Å². The molecule has 2 rings (SSSR count). The smallest absolute Gasteiger partial charge is 0.391 e. The van der Waals surface area contributed by atoms with Crippen molar-refractivity contribution in [2.45, 2.75) is 22.9 Å². The van der Waals surface area contributed by atoms with Crippen molar-refractivity contribution in [1.82, 2.24) is 0 Å². The average Bonchev–Trinajstić information content (AvgIpc) is 2.83. The second-order valence-corrected chi connectivity index (χ2v) is 6.69. The van der Waals surface area contributed by atoms with E-state index in [-0.39, 0.29) is 18.8 Å². The van der Waals surface area contributed by atoms with Gasteiger partial charge in [0.05, 0.1) is 15.9 Å². The Hall–Kier alpha value is -1.88. The average molecular weight is 340 g/mol. The van der Waals surface area contributed by atoms with Crippen LogP contribution in [0.25, 0.3) is 0 Å². The predicted molar refractivity (Wildman–Crippen MR) is 69.2 cm³/mol. The minimum atomic E-state index is -5.66. The number of aliphatic hydroxyl groups excluding tert-OH is 1. The van der Waals surface area contributed by atoms with Crippen LogP contribution in [0, 0.1) is 10.1 Å². The van der Waals surface area contributed by atoms with E-state index in [0.717, 1.165) is 6.07 Å². The van der Waals surface area contributed by atoms with E-state index in [2.05, 4.69) is 0 Å².